The SMILES string of the molecule is COCCN1CCCCC1c1cccc(N)c1. The van der Waals surface area contributed by atoms with Crippen molar-refractivity contribution in [3.8, 4) is 0 Å². The Morgan fingerprint density at radius 2 is 2.29 bits per heavy atom. The van der Waals surface area contributed by atoms with Gasteiger partial charge in [-0.15, -0.1) is 0 Å². The zero-order valence-electron chi connectivity index (χ0n) is 10.6. The number of piperidine rings is 1. The molecule has 1 aromatic rings. The Kier molecular flexibility index (Phi) is 4.40. The number of nitrogens with two attached hydrogens (primary N) is 1. The van der Waals surface area contributed by atoms with Crippen LogP contribution in [0.1, 0.15) is 30.9 Å². The van der Waals surface area contributed by atoms with Crippen LogP contribution in [0, 0.1) is 0 Å². The van der Waals surface area contributed by atoms with E-state index in [1.165, 1.54) is 31.4 Å². The fraction of sp³-hybridized carbons (Fsp3) is 0.571. The highest BCUT2D eigenvalue weighted by atomic mass is 16.5. The normalized spacial score (nSPS) is 21.6. The molecule has 1 aromatic carbocycles. The molecule has 1 fully saturated rings. The van der Waals surface area contributed by atoms with Crippen molar-refractivity contribution in [1.82, 2.24) is 4.90 Å². The lowest BCUT2D eigenvalue weighted by atomic mass is 9.95. The Hall–Kier alpha value is -1.06. The average Bonchev–Trinajstić information content (AvgIpc) is 2.37. The van der Waals surface area contributed by atoms with Crippen LogP contribution in [0.2, 0.25) is 0 Å². The number of nitrogens with zero attached hydrogens (tertiary/aromatic N) is 1. The summed E-state index contributed by atoms with van der Waals surface area (Å²) < 4.78 is 5.19. The monoisotopic (exact) mass is 234 g/mol. The summed E-state index contributed by atoms with van der Waals surface area (Å²) in [6, 6.07) is 8.81. The quantitative estimate of drug-likeness (QED) is 0.813. The number of hydrogen-bond acceptors (Lipinski definition) is 3. The third-order valence-corrected chi connectivity index (χ3v) is 3.49. The minimum absolute atomic E-state index is 0.516. The van der Waals surface area contributed by atoms with E-state index < -0.39 is 0 Å². The van der Waals surface area contributed by atoms with Crippen LogP contribution in [-0.4, -0.2) is 31.7 Å². The molecule has 2 N–H and O–H groups in total. The summed E-state index contributed by atoms with van der Waals surface area (Å²) in [5.74, 6) is 0. The summed E-state index contributed by atoms with van der Waals surface area (Å²) in [6.07, 6.45) is 3.83. The number of nitrogen functional groups attached to an aromatic ring is 1. The second kappa shape index (κ2) is 6.03. The number of methoxy groups -OCH3 is 1. The number of benzene rings is 1. The standard InChI is InChI=1S/C14H22N2O/c1-17-10-9-16-8-3-2-7-14(16)12-5-4-6-13(15)11-12/h4-6,11,14H,2-3,7-10,15H2,1H3. The molecule has 1 saturated heterocycles. The van der Waals surface area contributed by atoms with Gasteiger partial charge in [0.25, 0.3) is 0 Å². The number of anilines is 1. The molecule has 1 aliphatic rings. The molecular weight excluding hydrogens is 212 g/mol. The van der Waals surface area contributed by atoms with Gasteiger partial charge in [0.05, 0.1) is 6.61 Å². The first-order chi connectivity index (χ1) is 8.31. The molecule has 0 saturated carbocycles. The predicted molar refractivity (Wildman–Crippen MR) is 70.9 cm³/mol. The zero-order chi connectivity index (χ0) is 12.1. The van der Waals surface area contributed by atoms with Gasteiger partial charge in [-0.3, -0.25) is 4.90 Å². The smallest absolute Gasteiger partial charge is 0.0589 e. The van der Waals surface area contributed by atoms with Gasteiger partial charge in [0.15, 0.2) is 0 Å². The Balaban J connectivity index is 2.10. The van der Waals surface area contributed by atoms with E-state index in [0.29, 0.717) is 6.04 Å². The highest BCUT2D eigenvalue weighted by Crippen LogP contribution is 2.31. The highest BCUT2D eigenvalue weighted by Gasteiger charge is 2.23. The molecule has 1 heterocycles. The largest absolute Gasteiger partial charge is 0.399 e. The van der Waals surface area contributed by atoms with E-state index in [1.807, 2.05) is 12.1 Å². The van der Waals surface area contributed by atoms with E-state index in [0.717, 1.165) is 18.8 Å². The van der Waals surface area contributed by atoms with Crippen LogP contribution in [0.15, 0.2) is 24.3 Å². The Morgan fingerprint density at radius 3 is 3.06 bits per heavy atom. The van der Waals surface area contributed by atoms with Crippen molar-refractivity contribution in [2.75, 3.05) is 32.5 Å². The summed E-state index contributed by atoms with van der Waals surface area (Å²) in [5, 5.41) is 0. The molecule has 2 rings (SSSR count). The molecule has 3 nitrogen and oxygen atoms in total. The second-order valence-electron chi connectivity index (χ2n) is 4.71. The molecule has 17 heavy (non-hydrogen) atoms. The minimum atomic E-state index is 0.516. The van der Waals surface area contributed by atoms with Crippen LogP contribution in [0.25, 0.3) is 0 Å². The number of hydrogen-bond donors (Lipinski definition) is 1. The Labute approximate surface area is 104 Å². The molecule has 0 spiro atoms. The van der Waals surface area contributed by atoms with Crippen molar-refractivity contribution in [2.45, 2.75) is 25.3 Å². The van der Waals surface area contributed by atoms with E-state index >= 15 is 0 Å². The van der Waals surface area contributed by atoms with Crippen LogP contribution in [0.3, 0.4) is 0 Å². The zero-order valence-corrected chi connectivity index (χ0v) is 10.6. The predicted octanol–water partition coefficient (Wildman–Crippen LogP) is 2.44. The first kappa shape index (κ1) is 12.4. The van der Waals surface area contributed by atoms with Crippen LogP contribution in [0.5, 0.6) is 0 Å². The maximum Gasteiger partial charge on any atom is 0.0589 e. The molecule has 0 aromatic heterocycles. The lowest BCUT2D eigenvalue weighted by Crippen LogP contribution is -2.35. The van der Waals surface area contributed by atoms with E-state index in [2.05, 4.69) is 17.0 Å². The molecule has 1 atom stereocenters. The van der Waals surface area contributed by atoms with Crippen LogP contribution < -0.4 is 5.73 Å². The fourth-order valence-electron chi connectivity index (χ4n) is 2.61. The molecule has 0 amide bonds. The van der Waals surface area contributed by atoms with Crippen molar-refractivity contribution in [2.24, 2.45) is 0 Å². The third kappa shape index (κ3) is 3.20. The van der Waals surface area contributed by atoms with Crippen molar-refractivity contribution in [1.29, 1.82) is 0 Å². The first-order valence-corrected chi connectivity index (χ1v) is 6.39. The lowest BCUT2D eigenvalue weighted by Gasteiger charge is -2.36. The number of rotatable bonds is 4. The van der Waals surface area contributed by atoms with Gasteiger partial charge in [0.2, 0.25) is 0 Å². The Morgan fingerprint density at radius 1 is 1.41 bits per heavy atom. The molecule has 1 unspecified atom stereocenters. The molecule has 3 heteroatoms. The average molecular weight is 234 g/mol. The number of ether oxygens (including phenoxy) is 1. The Bertz CT molecular complexity index is 354. The molecule has 94 valence electrons. The van der Waals surface area contributed by atoms with Crippen LogP contribution in [0.4, 0.5) is 5.69 Å². The van der Waals surface area contributed by atoms with Gasteiger partial charge < -0.3 is 10.5 Å². The van der Waals surface area contributed by atoms with Crippen LogP contribution >= 0.6 is 0 Å². The first-order valence-electron chi connectivity index (χ1n) is 6.39. The van der Waals surface area contributed by atoms with Gasteiger partial charge in [-0.2, -0.15) is 0 Å². The lowest BCUT2D eigenvalue weighted by molar-refractivity contribution is 0.0961. The summed E-state index contributed by atoms with van der Waals surface area (Å²) in [5.41, 5.74) is 8.08. The van der Waals surface area contributed by atoms with E-state index in [9.17, 15) is 0 Å². The summed E-state index contributed by atoms with van der Waals surface area (Å²) >= 11 is 0. The van der Waals surface area contributed by atoms with Gasteiger partial charge in [-0.25, -0.2) is 0 Å². The van der Waals surface area contributed by atoms with Gasteiger partial charge in [0.1, 0.15) is 0 Å². The van der Waals surface area contributed by atoms with Gasteiger partial charge in [0, 0.05) is 25.4 Å². The van der Waals surface area contributed by atoms with E-state index in [-0.39, 0.29) is 0 Å². The summed E-state index contributed by atoms with van der Waals surface area (Å²) in [4.78, 5) is 2.52. The minimum Gasteiger partial charge on any atom is -0.399 e. The van der Waals surface area contributed by atoms with Crippen molar-refractivity contribution in [3.05, 3.63) is 29.8 Å². The third-order valence-electron chi connectivity index (χ3n) is 3.49. The van der Waals surface area contributed by atoms with Gasteiger partial charge in [-0.1, -0.05) is 18.6 Å². The molecule has 0 radical (unpaired) electrons. The van der Waals surface area contributed by atoms with Crippen molar-refractivity contribution < 1.29 is 4.74 Å². The summed E-state index contributed by atoms with van der Waals surface area (Å²) in [7, 11) is 1.76. The van der Waals surface area contributed by atoms with Gasteiger partial charge >= 0.3 is 0 Å². The van der Waals surface area contributed by atoms with E-state index in [4.69, 9.17) is 10.5 Å². The highest BCUT2D eigenvalue weighted by molar-refractivity contribution is 5.41. The van der Waals surface area contributed by atoms with E-state index in [1.54, 1.807) is 7.11 Å². The maximum atomic E-state index is 5.87. The molecule has 0 aliphatic carbocycles. The van der Waals surface area contributed by atoms with Crippen molar-refractivity contribution >= 4 is 5.69 Å². The summed E-state index contributed by atoms with van der Waals surface area (Å²) in [6.45, 7) is 2.98. The molecule has 0 bridgehead atoms. The maximum absolute atomic E-state index is 5.87. The number of likely N-dealkylation sites (tertiary alicyclic amines) is 1. The van der Waals surface area contributed by atoms with Crippen molar-refractivity contribution in [3.63, 3.8) is 0 Å². The molecular formula is C14H22N2O. The molecule has 1 aliphatic heterocycles. The fourth-order valence-corrected chi connectivity index (χ4v) is 2.61. The topological polar surface area (TPSA) is 38.5 Å². The van der Waals surface area contributed by atoms with Gasteiger partial charge in [-0.05, 0) is 37.1 Å². The second-order valence-corrected chi connectivity index (χ2v) is 4.71. The van der Waals surface area contributed by atoms with Crippen LogP contribution in [-0.2, 0) is 4.74 Å².